The van der Waals surface area contributed by atoms with Crippen LogP contribution in [0.25, 0.3) is 0 Å². The summed E-state index contributed by atoms with van der Waals surface area (Å²) in [6, 6.07) is 7.14. The summed E-state index contributed by atoms with van der Waals surface area (Å²) < 4.78 is 27.4. The van der Waals surface area contributed by atoms with Crippen LogP contribution in [0.3, 0.4) is 0 Å². The number of nitrogens with one attached hydrogen (secondary N) is 2. The molecule has 1 unspecified atom stereocenters. The van der Waals surface area contributed by atoms with Crippen molar-refractivity contribution in [3.8, 4) is 0 Å². The van der Waals surface area contributed by atoms with Crippen LogP contribution >= 0.6 is 11.3 Å². The monoisotopic (exact) mass is 382 g/mol. The van der Waals surface area contributed by atoms with E-state index in [1.807, 2.05) is 31.2 Å². The topological polar surface area (TPSA) is 101 Å². The van der Waals surface area contributed by atoms with E-state index in [0.717, 1.165) is 22.5 Å². The molecule has 1 aromatic carbocycles. The number of benzene rings is 1. The second kappa shape index (κ2) is 7.19. The van der Waals surface area contributed by atoms with Crippen molar-refractivity contribution < 1.29 is 13.2 Å². The smallest absolute Gasteiger partial charge is 0.270 e. The number of nitrogens with zero attached hydrogens (tertiary/aromatic N) is 2. The van der Waals surface area contributed by atoms with E-state index in [2.05, 4.69) is 20.2 Å². The minimum absolute atomic E-state index is 0.156. The Hall–Kier alpha value is -1.84. The highest BCUT2D eigenvalue weighted by Crippen LogP contribution is 2.25. The highest BCUT2D eigenvalue weighted by atomic mass is 32.2. The average Bonchev–Trinajstić information content (AvgIpc) is 2.95. The standard InChI is InChI=1S/C16H22N4O3S2/c1-10-8-6-7-9-12(10)11(2)20-25(22,23)15-19-18-14(24-15)17-13(21)16(3,4)5/h6-9,11,20H,1-5H3,(H,17,18,21). The van der Waals surface area contributed by atoms with E-state index < -0.39 is 21.5 Å². The summed E-state index contributed by atoms with van der Waals surface area (Å²) in [6.45, 7) is 8.96. The van der Waals surface area contributed by atoms with Gasteiger partial charge in [0.05, 0.1) is 0 Å². The zero-order chi connectivity index (χ0) is 18.8. The molecule has 0 fully saturated rings. The van der Waals surface area contributed by atoms with Crippen molar-refractivity contribution >= 4 is 32.4 Å². The number of hydrogen-bond acceptors (Lipinski definition) is 6. The zero-order valence-corrected chi connectivity index (χ0v) is 16.5. The molecule has 0 spiro atoms. The van der Waals surface area contributed by atoms with Gasteiger partial charge in [0, 0.05) is 11.5 Å². The maximum atomic E-state index is 12.5. The molecule has 1 aromatic heterocycles. The van der Waals surface area contributed by atoms with Crippen molar-refractivity contribution in [3.63, 3.8) is 0 Å². The van der Waals surface area contributed by atoms with E-state index in [1.165, 1.54) is 0 Å². The summed E-state index contributed by atoms with van der Waals surface area (Å²) in [4.78, 5) is 12.0. The number of carbonyl (C=O) groups excluding carboxylic acids is 1. The van der Waals surface area contributed by atoms with Crippen LogP contribution < -0.4 is 10.0 Å². The molecule has 25 heavy (non-hydrogen) atoms. The van der Waals surface area contributed by atoms with Crippen LogP contribution in [0.5, 0.6) is 0 Å². The van der Waals surface area contributed by atoms with Crippen LogP contribution in [-0.4, -0.2) is 24.5 Å². The van der Waals surface area contributed by atoms with Gasteiger partial charge in [-0.2, -0.15) is 0 Å². The summed E-state index contributed by atoms with van der Waals surface area (Å²) in [5.74, 6) is -0.256. The number of sulfonamides is 1. The van der Waals surface area contributed by atoms with Crippen LogP contribution in [-0.2, 0) is 14.8 Å². The second-order valence-electron chi connectivity index (χ2n) is 6.78. The van der Waals surface area contributed by atoms with Crippen molar-refractivity contribution in [3.05, 3.63) is 35.4 Å². The van der Waals surface area contributed by atoms with E-state index in [4.69, 9.17) is 0 Å². The number of rotatable bonds is 5. The maximum Gasteiger partial charge on any atom is 0.270 e. The predicted molar refractivity (Wildman–Crippen MR) is 97.9 cm³/mol. The number of hydrogen-bond donors (Lipinski definition) is 2. The average molecular weight is 383 g/mol. The number of amides is 1. The van der Waals surface area contributed by atoms with Gasteiger partial charge in [-0.25, -0.2) is 13.1 Å². The molecule has 0 aliphatic rings. The van der Waals surface area contributed by atoms with Gasteiger partial charge in [-0.15, -0.1) is 10.2 Å². The molecular weight excluding hydrogens is 360 g/mol. The van der Waals surface area contributed by atoms with E-state index in [-0.39, 0.29) is 15.4 Å². The Labute approximate surface area is 151 Å². The quantitative estimate of drug-likeness (QED) is 0.774. The van der Waals surface area contributed by atoms with Gasteiger partial charge in [0.2, 0.25) is 15.4 Å². The molecule has 0 bridgehead atoms. The fraction of sp³-hybridized carbons (Fsp3) is 0.438. The first-order valence-corrected chi connectivity index (χ1v) is 10.0. The molecule has 7 nitrogen and oxygen atoms in total. The number of aromatic nitrogens is 2. The Morgan fingerprint density at radius 2 is 1.84 bits per heavy atom. The minimum Gasteiger partial charge on any atom is -0.300 e. The first kappa shape index (κ1) is 19.5. The number of carbonyl (C=O) groups is 1. The third-order valence-corrected chi connectivity index (χ3v) is 6.27. The highest BCUT2D eigenvalue weighted by Gasteiger charge is 2.26. The zero-order valence-electron chi connectivity index (χ0n) is 14.8. The Balaban J connectivity index is 2.15. The SMILES string of the molecule is Cc1ccccc1C(C)NS(=O)(=O)c1nnc(NC(=O)C(C)(C)C)s1. The van der Waals surface area contributed by atoms with Gasteiger partial charge < -0.3 is 5.32 Å². The fourth-order valence-corrected chi connectivity index (χ4v) is 4.21. The summed E-state index contributed by atoms with van der Waals surface area (Å²) in [6.07, 6.45) is 0. The fourth-order valence-electron chi connectivity index (χ4n) is 2.07. The van der Waals surface area contributed by atoms with Crippen molar-refractivity contribution in [2.24, 2.45) is 5.41 Å². The van der Waals surface area contributed by atoms with Crippen LogP contribution in [0.1, 0.15) is 44.9 Å². The van der Waals surface area contributed by atoms with Crippen LogP contribution in [0.4, 0.5) is 5.13 Å². The Morgan fingerprint density at radius 1 is 1.20 bits per heavy atom. The lowest BCUT2D eigenvalue weighted by Crippen LogP contribution is -2.27. The molecule has 9 heteroatoms. The molecule has 1 atom stereocenters. The third-order valence-electron chi connectivity index (χ3n) is 3.52. The lowest BCUT2D eigenvalue weighted by atomic mass is 9.96. The van der Waals surface area contributed by atoms with E-state index in [9.17, 15) is 13.2 Å². The molecule has 136 valence electrons. The number of aryl methyl sites for hydroxylation is 1. The molecule has 0 radical (unpaired) electrons. The third kappa shape index (κ3) is 4.83. The molecule has 2 aromatic rings. The first-order chi connectivity index (χ1) is 11.5. The van der Waals surface area contributed by atoms with Gasteiger partial charge in [0.1, 0.15) is 0 Å². The van der Waals surface area contributed by atoms with E-state index in [0.29, 0.717) is 0 Å². The molecule has 1 amide bonds. The lowest BCUT2D eigenvalue weighted by Gasteiger charge is -2.16. The Morgan fingerprint density at radius 3 is 2.44 bits per heavy atom. The Kier molecular flexibility index (Phi) is 5.60. The summed E-state index contributed by atoms with van der Waals surface area (Å²) in [5.41, 5.74) is 1.27. The molecule has 1 heterocycles. The van der Waals surface area contributed by atoms with Gasteiger partial charge >= 0.3 is 0 Å². The predicted octanol–water partition coefficient (Wildman–Crippen LogP) is 2.87. The summed E-state index contributed by atoms with van der Waals surface area (Å²) >= 11 is 0.821. The van der Waals surface area contributed by atoms with Gasteiger partial charge in [0.15, 0.2) is 0 Å². The van der Waals surface area contributed by atoms with Gasteiger partial charge in [0.25, 0.3) is 10.0 Å². The van der Waals surface area contributed by atoms with Crippen molar-refractivity contribution in [1.82, 2.24) is 14.9 Å². The first-order valence-electron chi connectivity index (χ1n) is 7.73. The van der Waals surface area contributed by atoms with Gasteiger partial charge in [-0.3, -0.25) is 4.79 Å². The summed E-state index contributed by atoms with van der Waals surface area (Å²) in [5, 5.41) is 10.2. The van der Waals surface area contributed by atoms with Crippen LogP contribution in [0.2, 0.25) is 0 Å². The highest BCUT2D eigenvalue weighted by molar-refractivity contribution is 7.91. The summed E-state index contributed by atoms with van der Waals surface area (Å²) in [7, 11) is -3.83. The van der Waals surface area contributed by atoms with Gasteiger partial charge in [-0.05, 0) is 25.0 Å². The minimum atomic E-state index is -3.83. The van der Waals surface area contributed by atoms with E-state index in [1.54, 1.807) is 27.7 Å². The second-order valence-corrected chi connectivity index (χ2v) is 9.64. The molecule has 2 rings (SSSR count). The molecule has 0 saturated carbocycles. The van der Waals surface area contributed by atoms with Crippen molar-refractivity contribution in [1.29, 1.82) is 0 Å². The molecule has 0 aliphatic heterocycles. The molecule has 0 saturated heterocycles. The van der Waals surface area contributed by atoms with Crippen LogP contribution in [0, 0.1) is 12.3 Å². The Bertz CT molecular complexity index is 870. The maximum absolute atomic E-state index is 12.5. The molecule has 0 aliphatic carbocycles. The van der Waals surface area contributed by atoms with Crippen molar-refractivity contribution in [2.45, 2.75) is 45.0 Å². The normalized spacial score (nSPS) is 13.5. The van der Waals surface area contributed by atoms with E-state index >= 15 is 0 Å². The lowest BCUT2D eigenvalue weighted by molar-refractivity contribution is -0.123. The van der Waals surface area contributed by atoms with Gasteiger partial charge in [-0.1, -0.05) is 56.4 Å². The largest absolute Gasteiger partial charge is 0.300 e. The number of anilines is 1. The van der Waals surface area contributed by atoms with Crippen LogP contribution in [0.15, 0.2) is 28.6 Å². The molecule has 2 N–H and O–H groups in total. The van der Waals surface area contributed by atoms with Crippen molar-refractivity contribution in [2.75, 3.05) is 5.32 Å². The molecular formula is C16H22N4O3S2.